The zero-order chi connectivity index (χ0) is 61.4. The summed E-state index contributed by atoms with van der Waals surface area (Å²) in [4.78, 5) is -0.680. The third-order valence-corrected chi connectivity index (χ3v) is 14.2. The van der Waals surface area contributed by atoms with Crippen LogP contribution in [0.3, 0.4) is 0 Å². The van der Waals surface area contributed by atoms with E-state index in [1.807, 2.05) is 0 Å². The van der Waals surface area contributed by atoms with Gasteiger partial charge in [-0.2, -0.15) is 45.4 Å². The number of rotatable bonds is 15. The number of nitrogens with zero attached hydrogens (tertiary/aromatic N) is 11. The molecule has 0 amide bonds. The average Bonchev–Trinajstić information content (AvgIpc) is 2.29. The summed E-state index contributed by atoms with van der Waals surface area (Å²) in [7, 11) is -17.7. The van der Waals surface area contributed by atoms with Gasteiger partial charge in [0.2, 0.25) is 0 Å². The van der Waals surface area contributed by atoms with E-state index >= 15 is 0 Å². The van der Waals surface area contributed by atoms with Gasteiger partial charge in [-0.3, -0.25) is 13.7 Å². The largest absolute Gasteiger partial charge is 0.505 e. The van der Waals surface area contributed by atoms with Gasteiger partial charge in [0.1, 0.15) is 55.1 Å². The van der Waals surface area contributed by atoms with Crippen molar-refractivity contribution in [2.75, 3.05) is 14.2 Å². The maximum Gasteiger partial charge on any atom is 0.425 e. The van der Waals surface area contributed by atoms with Crippen molar-refractivity contribution in [2.24, 2.45) is 40.9 Å². The lowest BCUT2D eigenvalue weighted by atomic mass is 10.1. The van der Waals surface area contributed by atoms with E-state index in [2.05, 4.69) is 51.1 Å². The molecule has 30 nitrogen and oxygen atoms in total. The summed E-state index contributed by atoms with van der Waals surface area (Å²) < 4.78 is 163. The second-order valence-electron chi connectivity index (χ2n) is 17.0. The topological polar surface area (TPSA) is 454 Å². The number of aromatic hydroxyl groups is 1. The highest BCUT2D eigenvalue weighted by Crippen LogP contribution is 2.42. The maximum atomic E-state index is 12.2. The van der Waals surface area contributed by atoms with Crippen LogP contribution in [0.2, 0.25) is 0 Å². The number of azo groups is 4. The van der Waals surface area contributed by atoms with E-state index in [-0.39, 0.29) is 60.9 Å². The molecule has 35 heteroatoms. The first-order valence-corrected chi connectivity index (χ1v) is 29.3. The molecule has 0 saturated carbocycles. The molecule has 84 heavy (non-hydrogen) atoms. The SMILES string of the molecule is COc1cc(N=Nc2ccc(N=Nc3ccccc3S(=O)(=O)O)c(C)c2)c(C)cc1N=Nc1cc(OC)c(N=Nc2ccc3cc(-n4nc5ccc6c(S(=O)(=O)O)cc(S(=O)(=O)O)cc6c5n4)ccc3c2O)cc1CO.O=S(=O)=O.O=S(=O)=O. The van der Waals surface area contributed by atoms with E-state index in [1.54, 1.807) is 74.5 Å². The van der Waals surface area contributed by atoms with Gasteiger partial charge in [-0.15, -0.1) is 61.0 Å². The number of methoxy groups -OCH3 is 2. The van der Waals surface area contributed by atoms with Crippen LogP contribution in [0.5, 0.6) is 17.2 Å². The van der Waals surface area contributed by atoms with Crippen molar-refractivity contribution in [2.45, 2.75) is 35.1 Å². The highest BCUT2D eigenvalue weighted by molar-refractivity contribution is 7.87. The van der Waals surface area contributed by atoms with Gasteiger partial charge in [-0.1, -0.05) is 24.3 Å². The minimum atomic E-state index is -4.93. The second-order valence-corrected chi connectivity index (χ2v) is 22.0. The van der Waals surface area contributed by atoms with Crippen LogP contribution in [0.15, 0.2) is 177 Å². The Balaban J connectivity index is 0.00000119. The van der Waals surface area contributed by atoms with Gasteiger partial charge in [0.15, 0.2) is 5.75 Å². The van der Waals surface area contributed by atoms with Gasteiger partial charge in [-0.05, 0) is 115 Å². The molecule has 0 bridgehead atoms. The Bertz CT molecular complexity index is 4810. The summed E-state index contributed by atoms with van der Waals surface area (Å²) >= 11 is 0. The molecule has 9 aromatic rings. The van der Waals surface area contributed by atoms with Crippen molar-refractivity contribution in [3.8, 4) is 22.9 Å². The Morgan fingerprint density at radius 3 is 1.67 bits per heavy atom. The summed E-state index contributed by atoms with van der Waals surface area (Å²) in [5.74, 6) is 0.294. The molecule has 434 valence electrons. The minimum absolute atomic E-state index is 0.0183. The van der Waals surface area contributed by atoms with Gasteiger partial charge in [0.05, 0.1) is 54.2 Å². The molecule has 0 saturated heterocycles. The zero-order valence-electron chi connectivity index (χ0n) is 43.2. The summed E-state index contributed by atoms with van der Waals surface area (Å²) in [6, 6.07) is 29.4. The van der Waals surface area contributed by atoms with Gasteiger partial charge in [0.25, 0.3) is 30.4 Å². The Morgan fingerprint density at radius 1 is 0.500 bits per heavy atom. The highest BCUT2D eigenvalue weighted by atomic mass is 32.2. The van der Waals surface area contributed by atoms with Crippen LogP contribution in [0.4, 0.5) is 45.5 Å². The number of fused-ring (bicyclic) bond motifs is 4. The monoisotopic (exact) mass is 1250 g/mol. The number of benzene rings is 8. The lowest BCUT2D eigenvalue weighted by Crippen LogP contribution is -2.04. The number of aryl methyl sites for hydroxylation is 2. The Kier molecular flexibility index (Phi) is 19.0. The van der Waals surface area contributed by atoms with Crippen molar-refractivity contribution in [1.82, 2.24) is 15.0 Å². The number of aliphatic hydroxyl groups excluding tert-OH is 1. The molecule has 0 aliphatic rings. The Labute approximate surface area is 477 Å². The van der Waals surface area contributed by atoms with E-state index in [0.29, 0.717) is 67.7 Å². The molecule has 1 heterocycles. The summed E-state index contributed by atoms with van der Waals surface area (Å²) in [5, 5.41) is 65.8. The third kappa shape index (κ3) is 14.9. The second kappa shape index (κ2) is 25.7. The molecule has 0 aliphatic heterocycles. The minimum Gasteiger partial charge on any atom is -0.505 e. The number of aliphatic hydroxyl groups is 1. The van der Waals surface area contributed by atoms with E-state index in [4.69, 9.17) is 34.7 Å². The number of phenolic OH excluding ortho intramolecular Hbond substituents is 1. The highest BCUT2D eigenvalue weighted by Gasteiger charge is 2.23. The van der Waals surface area contributed by atoms with E-state index in [1.165, 1.54) is 67.5 Å². The van der Waals surface area contributed by atoms with Gasteiger partial charge in [0, 0.05) is 33.9 Å². The normalized spacial score (nSPS) is 12.0. The molecule has 0 fully saturated rings. The molecular weight excluding hydrogens is 1210 g/mol. The van der Waals surface area contributed by atoms with Gasteiger partial charge in [-0.25, -0.2) is 0 Å². The number of phenols is 1. The lowest BCUT2D eigenvalue weighted by molar-refractivity contribution is 0.282. The quantitative estimate of drug-likeness (QED) is 0.0470. The van der Waals surface area contributed by atoms with E-state index in [0.717, 1.165) is 6.07 Å². The Morgan fingerprint density at radius 2 is 1.05 bits per heavy atom. The average molecular weight is 1250 g/mol. The van der Waals surface area contributed by atoms with Crippen LogP contribution in [0.1, 0.15) is 16.7 Å². The predicted molar refractivity (Wildman–Crippen MR) is 295 cm³/mol. The van der Waals surface area contributed by atoms with E-state index < -0.39 is 68.0 Å². The molecule has 0 radical (unpaired) electrons. The van der Waals surface area contributed by atoms with Crippen molar-refractivity contribution >= 4 is 130 Å². The van der Waals surface area contributed by atoms with Crippen molar-refractivity contribution in [1.29, 1.82) is 0 Å². The number of aromatic nitrogens is 3. The first-order chi connectivity index (χ1) is 39.6. The molecule has 1 aromatic heterocycles. The maximum absolute atomic E-state index is 12.2. The van der Waals surface area contributed by atoms with Crippen molar-refractivity contribution in [3.63, 3.8) is 0 Å². The van der Waals surface area contributed by atoms with Gasteiger partial charge < -0.3 is 19.7 Å². The lowest BCUT2D eigenvalue weighted by Gasteiger charge is -2.10. The molecule has 5 N–H and O–H groups in total. The Hall–Kier alpha value is -9.59. The van der Waals surface area contributed by atoms with Crippen molar-refractivity contribution in [3.05, 3.63) is 138 Å². The predicted octanol–water partition coefficient (Wildman–Crippen LogP) is 9.95. The zero-order valence-corrected chi connectivity index (χ0v) is 47.2. The number of hydrogen-bond acceptors (Lipinski definition) is 26. The fourth-order valence-electron chi connectivity index (χ4n) is 7.81. The third-order valence-electron chi connectivity index (χ3n) is 11.6. The van der Waals surface area contributed by atoms with Crippen LogP contribution in [-0.4, -0.2) is 104 Å². The number of ether oxygens (including phenoxy) is 2. The standard InChI is InChI=1S/C49H39N11O13S3.2O3S/c1-26-17-30(10-15-36(26)51-52-37-7-5-6-8-46(37)75(66,67)68)50-54-40-23-44(72-3)42(18-27(40)2)56-55-41-24-45(73-4)43(20-29(41)25-61)57-53-39-14-9-28-19-31(11-12-33(28)49(39)62)60-58-38-16-13-34-35(48(38)59-60)21-32(74(63,64)65)22-47(34)76(69,70)71;2*1-4(2)3/h5-24,61-62H,25H2,1-4H3,(H,63,64,65)(H,66,67,68)(H,69,70,71);;. The fraction of sp³-hybridized carbons (Fsp3) is 0.102. The van der Waals surface area contributed by atoms with Gasteiger partial charge >= 0.3 is 21.2 Å². The molecule has 0 aliphatic carbocycles. The molecule has 0 unspecified atom stereocenters. The summed E-state index contributed by atoms with van der Waals surface area (Å²) in [6.07, 6.45) is 0. The number of hydrogen-bond donors (Lipinski definition) is 5. The summed E-state index contributed by atoms with van der Waals surface area (Å²) in [5.41, 5.74) is 4.55. The van der Waals surface area contributed by atoms with Crippen LogP contribution in [-0.2, 0) is 58.2 Å². The smallest absolute Gasteiger partial charge is 0.425 e. The first-order valence-electron chi connectivity index (χ1n) is 23.0. The molecule has 0 spiro atoms. The molecular formula is C49H39N11O19S5. The van der Waals surface area contributed by atoms with Crippen LogP contribution < -0.4 is 9.47 Å². The molecule has 9 rings (SSSR count). The van der Waals surface area contributed by atoms with Crippen molar-refractivity contribution < 1.29 is 83.9 Å². The van der Waals surface area contributed by atoms with E-state index in [9.17, 15) is 49.1 Å². The fourth-order valence-corrected chi connectivity index (χ4v) is 9.77. The van der Waals surface area contributed by atoms with Crippen LogP contribution >= 0.6 is 0 Å². The molecule has 0 atom stereocenters. The first kappa shape index (κ1) is 62.0. The summed E-state index contributed by atoms with van der Waals surface area (Å²) in [6.45, 7) is 3.09. The van der Waals surface area contributed by atoms with Crippen LogP contribution in [0.25, 0.3) is 38.3 Å². The molecule has 8 aromatic carbocycles. The van der Waals surface area contributed by atoms with Crippen LogP contribution in [0, 0.1) is 13.8 Å².